The second-order valence-electron chi connectivity index (χ2n) is 4.18. The molecule has 3 nitrogen and oxygen atoms in total. The van der Waals surface area contributed by atoms with Crippen molar-refractivity contribution in [3.8, 4) is 5.75 Å². The van der Waals surface area contributed by atoms with Crippen LogP contribution in [0.5, 0.6) is 5.75 Å². The Morgan fingerprint density at radius 2 is 1.94 bits per heavy atom. The summed E-state index contributed by atoms with van der Waals surface area (Å²) in [4.78, 5) is 3.98. The zero-order valence-electron chi connectivity index (χ0n) is 10.5. The second kappa shape index (κ2) is 6.17. The van der Waals surface area contributed by atoms with Crippen molar-refractivity contribution >= 4 is 0 Å². The number of benzene rings is 1. The molecule has 0 saturated heterocycles. The van der Waals surface area contributed by atoms with E-state index in [1.54, 1.807) is 12.4 Å². The lowest BCUT2D eigenvalue weighted by Crippen LogP contribution is -2.05. The number of aliphatic hydroxyl groups excluding tert-OH is 1. The third-order valence-corrected chi connectivity index (χ3v) is 2.85. The van der Waals surface area contributed by atoms with E-state index in [2.05, 4.69) is 4.98 Å². The highest BCUT2D eigenvalue weighted by molar-refractivity contribution is 5.40. The first-order valence-electron chi connectivity index (χ1n) is 6.02. The van der Waals surface area contributed by atoms with Gasteiger partial charge in [-0.1, -0.05) is 18.2 Å². The van der Waals surface area contributed by atoms with Gasteiger partial charge in [0.1, 0.15) is 5.75 Å². The van der Waals surface area contributed by atoms with Gasteiger partial charge in [-0.3, -0.25) is 4.98 Å². The fraction of sp³-hybridized carbons (Fsp3) is 0.267. The molecule has 2 aromatic rings. The van der Waals surface area contributed by atoms with Crippen LogP contribution in [0.3, 0.4) is 0 Å². The van der Waals surface area contributed by atoms with Gasteiger partial charge in [0.25, 0.3) is 0 Å². The SMILES string of the molecule is Cc1cccc(CO)c1OCCc1ccncc1. The van der Waals surface area contributed by atoms with Gasteiger partial charge in [-0.25, -0.2) is 0 Å². The van der Waals surface area contributed by atoms with Crippen molar-refractivity contribution in [2.24, 2.45) is 0 Å². The summed E-state index contributed by atoms with van der Waals surface area (Å²) in [6.07, 6.45) is 4.40. The Kier molecular flexibility index (Phi) is 4.31. The molecule has 0 aliphatic heterocycles. The number of aliphatic hydroxyl groups is 1. The van der Waals surface area contributed by atoms with E-state index in [9.17, 15) is 5.11 Å². The van der Waals surface area contributed by atoms with Gasteiger partial charge in [-0.05, 0) is 30.2 Å². The standard InChI is InChI=1S/C15H17NO2/c1-12-3-2-4-14(11-17)15(12)18-10-7-13-5-8-16-9-6-13/h2-6,8-9,17H,7,10-11H2,1H3. The monoisotopic (exact) mass is 243 g/mol. The Labute approximate surface area is 107 Å². The molecule has 2 rings (SSSR count). The highest BCUT2D eigenvalue weighted by Gasteiger charge is 2.05. The Morgan fingerprint density at radius 3 is 2.67 bits per heavy atom. The molecule has 18 heavy (non-hydrogen) atoms. The number of hydrogen-bond donors (Lipinski definition) is 1. The minimum Gasteiger partial charge on any atom is -0.493 e. The van der Waals surface area contributed by atoms with E-state index in [1.165, 1.54) is 5.56 Å². The minimum atomic E-state index is 0.00622. The van der Waals surface area contributed by atoms with Crippen molar-refractivity contribution in [2.75, 3.05) is 6.61 Å². The molecule has 0 aliphatic rings. The van der Waals surface area contributed by atoms with Crippen LogP contribution in [0.1, 0.15) is 16.7 Å². The van der Waals surface area contributed by atoms with Crippen molar-refractivity contribution in [3.05, 3.63) is 59.4 Å². The zero-order chi connectivity index (χ0) is 12.8. The van der Waals surface area contributed by atoms with E-state index < -0.39 is 0 Å². The lowest BCUT2D eigenvalue weighted by atomic mass is 10.1. The van der Waals surface area contributed by atoms with E-state index in [-0.39, 0.29) is 6.61 Å². The van der Waals surface area contributed by atoms with Crippen LogP contribution in [-0.2, 0) is 13.0 Å². The van der Waals surface area contributed by atoms with Gasteiger partial charge in [0.15, 0.2) is 0 Å². The summed E-state index contributed by atoms with van der Waals surface area (Å²) in [5, 5.41) is 9.27. The molecule has 0 aliphatic carbocycles. The summed E-state index contributed by atoms with van der Waals surface area (Å²) >= 11 is 0. The molecule has 0 radical (unpaired) electrons. The molecule has 0 unspecified atom stereocenters. The number of aryl methyl sites for hydroxylation is 1. The van der Waals surface area contributed by atoms with Gasteiger partial charge in [-0.15, -0.1) is 0 Å². The molecule has 0 fully saturated rings. The molecule has 0 spiro atoms. The van der Waals surface area contributed by atoms with Crippen molar-refractivity contribution < 1.29 is 9.84 Å². The lowest BCUT2D eigenvalue weighted by Gasteiger charge is -2.12. The molecule has 1 heterocycles. The van der Waals surface area contributed by atoms with Crippen LogP contribution in [0.15, 0.2) is 42.7 Å². The maximum atomic E-state index is 9.27. The molecule has 0 atom stereocenters. The van der Waals surface area contributed by atoms with Gasteiger partial charge >= 0.3 is 0 Å². The van der Waals surface area contributed by atoms with Gasteiger partial charge in [0, 0.05) is 24.4 Å². The predicted molar refractivity (Wildman–Crippen MR) is 70.5 cm³/mol. The van der Waals surface area contributed by atoms with E-state index in [0.29, 0.717) is 6.61 Å². The van der Waals surface area contributed by atoms with Crippen molar-refractivity contribution in [3.63, 3.8) is 0 Å². The third kappa shape index (κ3) is 3.08. The quantitative estimate of drug-likeness (QED) is 0.877. The van der Waals surface area contributed by atoms with Crippen molar-refractivity contribution in [1.82, 2.24) is 4.98 Å². The molecule has 0 amide bonds. The van der Waals surface area contributed by atoms with Crippen LogP contribution < -0.4 is 4.74 Å². The smallest absolute Gasteiger partial charge is 0.127 e. The maximum Gasteiger partial charge on any atom is 0.127 e. The van der Waals surface area contributed by atoms with E-state index in [0.717, 1.165) is 23.3 Å². The average molecular weight is 243 g/mol. The van der Waals surface area contributed by atoms with Crippen molar-refractivity contribution in [2.45, 2.75) is 20.0 Å². The number of pyridine rings is 1. The first-order valence-corrected chi connectivity index (χ1v) is 6.02. The minimum absolute atomic E-state index is 0.00622. The topological polar surface area (TPSA) is 42.4 Å². The summed E-state index contributed by atoms with van der Waals surface area (Å²) in [5.41, 5.74) is 3.09. The third-order valence-electron chi connectivity index (χ3n) is 2.85. The lowest BCUT2D eigenvalue weighted by molar-refractivity contribution is 0.263. The molecule has 0 bridgehead atoms. The molecule has 1 N–H and O–H groups in total. The first-order chi connectivity index (χ1) is 8.81. The number of nitrogens with zero attached hydrogens (tertiary/aromatic N) is 1. The van der Waals surface area contributed by atoms with Crippen LogP contribution in [0, 0.1) is 6.92 Å². The number of hydrogen-bond acceptors (Lipinski definition) is 3. The van der Waals surface area contributed by atoms with Gasteiger partial charge < -0.3 is 9.84 Å². The number of rotatable bonds is 5. The summed E-state index contributed by atoms with van der Waals surface area (Å²) in [7, 11) is 0. The zero-order valence-corrected chi connectivity index (χ0v) is 10.5. The molecule has 94 valence electrons. The molecular weight excluding hydrogens is 226 g/mol. The van der Waals surface area contributed by atoms with Gasteiger partial charge in [0.05, 0.1) is 13.2 Å². The Hall–Kier alpha value is -1.87. The summed E-state index contributed by atoms with van der Waals surface area (Å²) < 4.78 is 5.78. The molecule has 1 aromatic carbocycles. The summed E-state index contributed by atoms with van der Waals surface area (Å²) in [5.74, 6) is 0.800. The number of ether oxygens (including phenoxy) is 1. The maximum absolute atomic E-state index is 9.27. The Balaban J connectivity index is 1.98. The summed E-state index contributed by atoms with van der Waals surface area (Å²) in [6, 6.07) is 9.76. The van der Waals surface area contributed by atoms with E-state index in [4.69, 9.17) is 4.74 Å². The van der Waals surface area contributed by atoms with Crippen LogP contribution >= 0.6 is 0 Å². The average Bonchev–Trinajstić information content (AvgIpc) is 2.41. The van der Waals surface area contributed by atoms with E-state index in [1.807, 2.05) is 37.3 Å². The first kappa shape index (κ1) is 12.6. The predicted octanol–water partition coefficient (Wildman–Crippen LogP) is 2.50. The highest BCUT2D eigenvalue weighted by Crippen LogP contribution is 2.23. The molecule has 1 aromatic heterocycles. The molecular formula is C15H17NO2. The van der Waals surface area contributed by atoms with Crippen LogP contribution in [0.2, 0.25) is 0 Å². The molecule has 3 heteroatoms. The summed E-state index contributed by atoms with van der Waals surface area (Å²) in [6.45, 7) is 2.59. The number of aromatic nitrogens is 1. The van der Waals surface area contributed by atoms with E-state index >= 15 is 0 Å². The van der Waals surface area contributed by atoms with Crippen molar-refractivity contribution in [1.29, 1.82) is 0 Å². The highest BCUT2D eigenvalue weighted by atomic mass is 16.5. The van der Waals surface area contributed by atoms with Gasteiger partial charge in [0.2, 0.25) is 0 Å². The van der Waals surface area contributed by atoms with Crippen LogP contribution in [-0.4, -0.2) is 16.7 Å². The molecule has 0 saturated carbocycles. The largest absolute Gasteiger partial charge is 0.493 e. The van der Waals surface area contributed by atoms with Crippen LogP contribution in [0.4, 0.5) is 0 Å². The van der Waals surface area contributed by atoms with Crippen LogP contribution in [0.25, 0.3) is 0 Å². The number of para-hydroxylation sites is 1. The Morgan fingerprint density at radius 1 is 1.17 bits per heavy atom. The Bertz CT molecular complexity index is 497. The van der Waals surface area contributed by atoms with Gasteiger partial charge in [-0.2, -0.15) is 0 Å². The fourth-order valence-electron chi connectivity index (χ4n) is 1.86. The fourth-order valence-corrected chi connectivity index (χ4v) is 1.86. The normalized spacial score (nSPS) is 10.3. The second-order valence-corrected chi connectivity index (χ2v) is 4.18.